The fourth-order valence-electron chi connectivity index (χ4n) is 2.92. The van der Waals surface area contributed by atoms with Crippen LogP contribution in [-0.4, -0.2) is 34.8 Å². The van der Waals surface area contributed by atoms with E-state index in [4.69, 9.17) is 0 Å². The number of aromatic nitrogens is 2. The Morgan fingerprint density at radius 1 is 1.37 bits per heavy atom. The standard InChI is InChI=1S/C15H19N3O/c1-17-8-4-5-12(10-17)11-18-15(19)14-7-3-2-6-13(14)9-16-18/h2-3,6-7,9,12H,4-5,8,10-11H2,1H3. The fourth-order valence-corrected chi connectivity index (χ4v) is 2.92. The van der Waals surface area contributed by atoms with E-state index in [9.17, 15) is 4.79 Å². The molecule has 3 rings (SSSR count). The number of rotatable bonds is 2. The molecule has 4 heteroatoms. The quantitative estimate of drug-likeness (QED) is 0.822. The molecule has 1 aliphatic heterocycles. The van der Waals surface area contributed by atoms with Crippen molar-refractivity contribution < 1.29 is 0 Å². The summed E-state index contributed by atoms with van der Waals surface area (Å²) in [7, 11) is 2.14. The van der Waals surface area contributed by atoms with E-state index in [1.807, 2.05) is 24.3 Å². The second-order valence-electron chi connectivity index (χ2n) is 5.49. The lowest BCUT2D eigenvalue weighted by molar-refractivity contribution is 0.189. The van der Waals surface area contributed by atoms with E-state index >= 15 is 0 Å². The first-order valence-electron chi connectivity index (χ1n) is 6.87. The summed E-state index contributed by atoms with van der Waals surface area (Å²) in [5, 5.41) is 6.00. The molecule has 1 saturated heterocycles. The van der Waals surface area contributed by atoms with E-state index in [-0.39, 0.29) is 5.56 Å². The van der Waals surface area contributed by atoms with Crippen molar-refractivity contribution >= 4 is 10.8 Å². The third kappa shape index (κ3) is 2.54. The molecule has 0 spiro atoms. The highest BCUT2D eigenvalue weighted by Gasteiger charge is 2.18. The van der Waals surface area contributed by atoms with E-state index in [0.717, 1.165) is 30.4 Å². The van der Waals surface area contributed by atoms with Gasteiger partial charge in [-0.2, -0.15) is 5.10 Å². The predicted molar refractivity (Wildman–Crippen MR) is 76.2 cm³/mol. The molecule has 100 valence electrons. The minimum atomic E-state index is 0.0336. The Balaban J connectivity index is 1.89. The van der Waals surface area contributed by atoms with Gasteiger partial charge in [0.1, 0.15) is 0 Å². The third-order valence-corrected chi connectivity index (χ3v) is 3.92. The van der Waals surface area contributed by atoms with Gasteiger partial charge < -0.3 is 4.90 Å². The summed E-state index contributed by atoms with van der Waals surface area (Å²) in [5.74, 6) is 0.533. The average molecular weight is 257 g/mol. The molecule has 1 unspecified atom stereocenters. The highest BCUT2D eigenvalue weighted by molar-refractivity contribution is 5.80. The van der Waals surface area contributed by atoms with Gasteiger partial charge in [0.25, 0.3) is 5.56 Å². The third-order valence-electron chi connectivity index (χ3n) is 3.92. The zero-order valence-corrected chi connectivity index (χ0v) is 11.2. The Labute approximate surface area is 112 Å². The molecule has 1 aliphatic rings. The van der Waals surface area contributed by atoms with Crippen LogP contribution in [0.5, 0.6) is 0 Å². The van der Waals surface area contributed by atoms with Gasteiger partial charge in [0.05, 0.1) is 11.6 Å². The molecular formula is C15H19N3O. The van der Waals surface area contributed by atoms with Gasteiger partial charge in [-0.05, 0) is 38.4 Å². The average Bonchev–Trinajstić information content (AvgIpc) is 2.42. The minimum Gasteiger partial charge on any atom is -0.306 e. The van der Waals surface area contributed by atoms with E-state index in [1.54, 1.807) is 10.9 Å². The number of benzene rings is 1. The fraction of sp³-hybridized carbons (Fsp3) is 0.467. The van der Waals surface area contributed by atoms with Gasteiger partial charge >= 0.3 is 0 Å². The van der Waals surface area contributed by atoms with E-state index in [0.29, 0.717) is 5.92 Å². The molecule has 2 aromatic rings. The van der Waals surface area contributed by atoms with Crippen molar-refractivity contribution in [1.82, 2.24) is 14.7 Å². The Hall–Kier alpha value is -1.68. The van der Waals surface area contributed by atoms with E-state index in [2.05, 4.69) is 17.0 Å². The number of hydrogen-bond donors (Lipinski definition) is 0. The van der Waals surface area contributed by atoms with Gasteiger partial charge in [0.15, 0.2) is 0 Å². The number of nitrogens with zero attached hydrogens (tertiary/aromatic N) is 3. The molecule has 0 aliphatic carbocycles. The molecule has 2 heterocycles. The van der Waals surface area contributed by atoms with Crippen LogP contribution >= 0.6 is 0 Å². The highest BCUT2D eigenvalue weighted by atomic mass is 16.1. The molecule has 4 nitrogen and oxygen atoms in total. The van der Waals surface area contributed by atoms with Crippen molar-refractivity contribution in [3.8, 4) is 0 Å². The summed E-state index contributed by atoms with van der Waals surface area (Å²) in [6, 6.07) is 7.65. The topological polar surface area (TPSA) is 38.1 Å². The van der Waals surface area contributed by atoms with Crippen molar-refractivity contribution in [1.29, 1.82) is 0 Å². The molecule has 1 fully saturated rings. The van der Waals surface area contributed by atoms with Crippen LogP contribution in [0.15, 0.2) is 35.3 Å². The Morgan fingerprint density at radius 2 is 2.21 bits per heavy atom. The molecule has 0 radical (unpaired) electrons. The first kappa shape index (κ1) is 12.4. The largest absolute Gasteiger partial charge is 0.306 e. The van der Waals surface area contributed by atoms with Crippen molar-refractivity contribution in [2.45, 2.75) is 19.4 Å². The van der Waals surface area contributed by atoms with Crippen LogP contribution in [0.25, 0.3) is 10.8 Å². The molecule has 1 aromatic carbocycles. The van der Waals surface area contributed by atoms with Crippen LogP contribution in [0.2, 0.25) is 0 Å². The second kappa shape index (κ2) is 5.13. The number of piperidine rings is 1. The van der Waals surface area contributed by atoms with Crippen LogP contribution < -0.4 is 5.56 Å². The van der Waals surface area contributed by atoms with Gasteiger partial charge in [-0.3, -0.25) is 4.79 Å². The zero-order valence-electron chi connectivity index (χ0n) is 11.2. The summed E-state index contributed by atoms with van der Waals surface area (Å²) in [6.45, 7) is 2.95. The molecule has 0 N–H and O–H groups in total. The lowest BCUT2D eigenvalue weighted by Crippen LogP contribution is -2.36. The van der Waals surface area contributed by atoms with E-state index < -0.39 is 0 Å². The lowest BCUT2D eigenvalue weighted by Gasteiger charge is -2.29. The van der Waals surface area contributed by atoms with Crippen LogP contribution in [0.4, 0.5) is 0 Å². The van der Waals surface area contributed by atoms with E-state index in [1.165, 1.54) is 12.8 Å². The normalized spacial score (nSPS) is 20.8. The van der Waals surface area contributed by atoms with Gasteiger partial charge in [-0.1, -0.05) is 18.2 Å². The van der Waals surface area contributed by atoms with Gasteiger partial charge in [-0.25, -0.2) is 4.68 Å². The first-order chi connectivity index (χ1) is 9.24. The maximum atomic E-state index is 12.4. The molecule has 0 saturated carbocycles. The van der Waals surface area contributed by atoms with Crippen LogP contribution in [0.1, 0.15) is 12.8 Å². The van der Waals surface area contributed by atoms with Crippen molar-refractivity contribution in [2.24, 2.45) is 5.92 Å². The number of fused-ring (bicyclic) bond motifs is 1. The van der Waals surface area contributed by atoms with Gasteiger partial charge in [0.2, 0.25) is 0 Å². The van der Waals surface area contributed by atoms with Crippen molar-refractivity contribution in [3.63, 3.8) is 0 Å². The first-order valence-corrected chi connectivity index (χ1v) is 6.87. The van der Waals surface area contributed by atoms with Crippen molar-refractivity contribution in [2.75, 3.05) is 20.1 Å². The number of likely N-dealkylation sites (tertiary alicyclic amines) is 1. The smallest absolute Gasteiger partial charge is 0.274 e. The number of hydrogen-bond acceptors (Lipinski definition) is 3. The summed E-state index contributed by atoms with van der Waals surface area (Å²) >= 11 is 0. The minimum absolute atomic E-state index is 0.0336. The van der Waals surface area contributed by atoms with Gasteiger partial charge in [0, 0.05) is 18.5 Å². The maximum Gasteiger partial charge on any atom is 0.274 e. The Bertz CT molecular complexity index is 635. The Morgan fingerprint density at radius 3 is 3.05 bits per heavy atom. The maximum absolute atomic E-state index is 12.4. The monoisotopic (exact) mass is 257 g/mol. The SMILES string of the molecule is CN1CCCC(Cn2ncc3ccccc3c2=O)C1. The lowest BCUT2D eigenvalue weighted by atomic mass is 9.98. The molecule has 1 atom stereocenters. The zero-order chi connectivity index (χ0) is 13.2. The summed E-state index contributed by atoms with van der Waals surface area (Å²) in [5.41, 5.74) is 0.0336. The Kier molecular flexibility index (Phi) is 3.34. The second-order valence-corrected chi connectivity index (χ2v) is 5.49. The summed E-state index contributed by atoms with van der Waals surface area (Å²) in [6.07, 6.45) is 4.19. The molecule has 0 bridgehead atoms. The predicted octanol–water partition coefficient (Wildman–Crippen LogP) is 1.74. The molecular weight excluding hydrogens is 238 g/mol. The highest BCUT2D eigenvalue weighted by Crippen LogP contribution is 2.16. The summed E-state index contributed by atoms with van der Waals surface area (Å²) < 4.78 is 1.63. The van der Waals surface area contributed by atoms with Crippen LogP contribution in [0, 0.1) is 5.92 Å². The van der Waals surface area contributed by atoms with Gasteiger partial charge in [-0.15, -0.1) is 0 Å². The van der Waals surface area contributed by atoms with Crippen LogP contribution in [0.3, 0.4) is 0 Å². The summed E-state index contributed by atoms with van der Waals surface area (Å²) in [4.78, 5) is 14.7. The molecule has 19 heavy (non-hydrogen) atoms. The van der Waals surface area contributed by atoms with Crippen molar-refractivity contribution in [3.05, 3.63) is 40.8 Å². The molecule has 0 amide bonds. The van der Waals surface area contributed by atoms with Crippen LogP contribution in [-0.2, 0) is 6.54 Å². The molecule has 1 aromatic heterocycles.